The van der Waals surface area contributed by atoms with Crippen LogP contribution in [0, 0.1) is 6.92 Å². The van der Waals surface area contributed by atoms with E-state index in [0.29, 0.717) is 29.7 Å². The Morgan fingerprint density at radius 1 is 1.03 bits per heavy atom. The molecule has 0 N–H and O–H groups in total. The number of thioether (sulfide) groups is 1. The highest BCUT2D eigenvalue weighted by atomic mass is 32.2. The van der Waals surface area contributed by atoms with E-state index >= 15 is 0 Å². The average molecular weight is 460 g/mol. The lowest BCUT2D eigenvalue weighted by atomic mass is 10.2. The van der Waals surface area contributed by atoms with Gasteiger partial charge in [0.1, 0.15) is 11.5 Å². The maximum Gasteiger partial charge on any atom is 0.364 e. The van der Waals surface area contributed by atoms with E-state index in [1.807, 2.05) is 73.3 Å². The van der Waals surface area contributed by atoms with E-state index in [-0.39, 0.29) is 5.69 Å². The number of furan rings is 1. The van der Waals surface area contributed by atoms with Crippen molar-refractivity contribution in [3.8, 4) is 5.75 Å². The summed E-state index contributed by atoms with van der Waals surface area (Å²) in [4.78, 5) is 24.4. The van der Waals surface area contributed by atoms with Crippen molar-refractivity contribution in [2.24, 2.45) is 0 Å². The Kier molecular flexibility index (Phi) is 7.42. The summed E-state index contributed by atoms with van der Waals surface area (Å²) < 4.78 is 11.3. The molecule has 0 spiro atoms. The fourth-order valence-corrected chi connectivity index (χ4v) is 3.86. The summed E-state index contributed by atoms with van der Waals surface area (Å²) in [5.41, 5.74) is 3.00. The van der Waals surface area contributed by atoms with Crippen molar-refractivity contribution in [1.82, 2.24) is 9.97 Å². The Morgan fingerprint density at radius 2 is 1.82 bits per heavy atom. The van der Waals surface area contributed by atoms with Crippen molar-refractivity contribution in [3.63, 3.8) is 0 Å². The van der Waals surface area contributed by atoms with E-state index in [1.54, 1.807) is 24.6 Å². The Hall–Kier alpha value is -3.58. The molecular weight excluding hydrogens is 434 g/mol. The van der Waals surface area contributed by atoms with Crippen molar-refractivity contribution in [2.45, 2.75) is 32.1 Å². The van der Waals surface area contributed by atoms with Crippen LogP contribution >= 0.6 is 11.8 Å². The van der Waals surface area contributed by atoms with Gasteiger partial charge in [-0.25, -0.2) is 14.8 Å². The third kappa shape index (κ3) is 6.02. The number of carbonyl (C=O) groups is 1. The third-order valence-corrected chi connectivity index (χ3v) is 5.67. The maximum atomic E-state index is 13.3. The van der Waals surface area contributed by atoms with Gasteiger partial charge in [0.05, 0.1) is 24.7 Å². The summed E-state index contributed by atoms with van der Waals surface area (Å²) in [7, 11) is 0. The van der Waals surface area contributed by atoms with E-state index in [4.69, 9.17) is 9.15 Å². The largest absolute Gasteiger partial charge is 0.467 e. The van der Waals surface area contributed by atoms with Crippen LogP contribution < -0.4 is 9.64 Å². The summed E-state index contributed by atoms with van der Waals surface area (Å²) in [5, 5.41) is 0.537. The maximum absolute atomic E-state index is 13.3. The molecule has 0 aliphatic carbocycles. The Morgan fingerprint density at radius 3 is 2.52 bits per heavy atom. The number of aryl methyl sites for hydroxylation is 1. The van der Waals surface area contributed by atoms with Crippen LogP contribution in [0.1, 0.15) is 34.3 Å². The van der Waals surface area contributed by atoms with Crippen LogP contribution in [0.3, 0.4) is 0 Å². The molecule has 0 amide bonds. The summed E-state index contributed by atoms with van der Waals surface area (Å²) >= 11 is 1.48. The zero-order chi connectivity index (χ0) is 23.0. The molecule has 4 rings (SSSR count). The fraction of sp³-hybridized carbons (Fsp3) is 0.192. The topological polar surface area (TPSA) is 68.5 Å². The molecule has 0 fully saturated rings. The quantitative estimate of drug-likeness (QED) is 0.133. The molecule has 0 aliphatic rings. The van der Waals surface area contributed by atoms with E-state index < -0.39 is 5.97 Å². The van der Waals surface area contributed by atoms with Crippen LogP contribution in [0.15, 0.2) is 88.8 Å². The normalized spacial score (nSPS) is 10.7. The lowest BCUT2D eigenvalue weighted by Crippen LogP contribution is -2.26. The molecule has 7 heteroatoms. The highest BCUT2D eigenvalue weighted by molar-refractivity contribution is 7.99. The van der Waals surface area contributed by atoms with Crippen LogP contribution in [-0.2, 0) is 13.1 Å². The van der Waals surface area contributed by atoms with Gasteiger partial charge >= 0.3 is 5.97 Å². The second-order valence-electron chi connectivity index (χ2n) is 7.44. The number of esters is 1. The highest BCUT2D eigenvalue weighted by Crippen LogP contribution is 2.27. The van der Waals surface area contributed by atoms with Gasteiger partial charge < -0.3 is 14.1 Å². The van der Waals surface area contributed by atoms with Gasteiger partial charge in [-0.05, 0) is 42.5 Å². The van der Waals surface area contributed by atoms with Crippen molar-refractivity contribution in [2.75, 3.05) is 10.7 Å². The molecule has 33 heavy (non-hydrogen) atoms. The van der Waals surface area contributed by atoms with Gasteiger partial charge in [0.25, 0.3) is 0 Å². The molecular formula is C26H25N3O3S. The SMILES string of the molecule is CCSc1ncc(N(Cc2ccccc2)Cc2ccco2)c(C(=O)Oc2ccc(C)cc2)n1. The van der Waals surface area contributed by atoms with Gasteiger partial charge in [-0.3, -0.25) is 0 Å². The first kappa shape index (κ1) is 22.6. The molecule has 0 radical (unpaired) electrons. The minimum Gasteiger partial charge on any atom is -0.467 e. The average Bonchev–Trinajstić information content (AvgIpc) is 3.34. The number of carbonyl (C=O) groups excluding carboxylic acids is 1. The summed E-state index contributed by atoms with van der Waals surface area (Å²) in [6.07, 6.45) is 3.34. The minimum atomic E-state index is -0.522. The summed E-state index contributed by atoms with van der Waals surface area (Å²) in [6.45, 7) is 5.01. The number of hydrogen-bond acceptors (Lipinski definition) is 7. The van der Waals surface area contributed by atoms with Crippen molar-refractivity contribution in [3.05, 3.63) is 102 Å². The number of benzene rings is 2. The number of nitrogens with zero attached hydrogens (tertiary/aromatic N) is 3. The first-order valence-electron chi connectivity index (χ1n) is 10.7. The van der Waals surface area contributed by atoms with Gasteiger partial charge in [0, 0.05) is 6.54 Å². The minimum absolute atomic E-state index is 0.226. The van der Waals surface area contributed by atoms with Crippen LogP contribution in [0.5, 0.6) is 5.75 Å². The smallest absolute Gasteiger partial charge is 0.364 e. The fourth-order valence-electron chi connectivity index (χ4n) is 3.32. The van der Waals surface area contributed by atoms with E-state index in [1.165, 1.54) is 11.8 Å². The van der Waals surface area contributed by atoms with Gasteiger partial charge in [0.15, 0.2) is 10.9 Å². The van der Waals surface area contributed by atoms with Crippen LogP contribution in [0.4, 0.5) is 5.69 Å². The third-order valence-electron chi connectivity index (χ3n) is 4.93. The first-order valence-corrected chi connectivity index (χ1v) is 11.7. The van der Waals surface area contributed by atoms with Crippen LogP contribution in [-0.4, -0.2) is 21.7 Å². The lowest BCUT2D eigenvalue weighted by molar-refractivity contribution is 0.0728. The number of rotatable bonds is 9. The summed E-state index contributed by atoms with van der Waals surface area (Å²) in [6, 6.07) is 21.2. The molecule has 0 aliphatic heterocycles. The predicted octanol–water partition coefficient (Wildman–Crippen LogP) is 5.92. The zero-order valence-electron chi connectivity index (χ0n) is 18.6. The molecule has 0 bridgehead atoms. The van der Waals surface area contributed by atoms with Gasteiger partial charge in [-0.1, -0.05) is 66.7 Å². The Balaban J connectivity index is 1.71. The molecule has 0 unspecified atom stereocenters. The van der Waals surface area contributed by atoms with Gasteiger partial charge in [0.2, 0.25) is 0 Å². The van der Waals surface area contributed by atoms with Crippen molar-refractivity contribution < 1.29 is 13.9 Å². The molecule has 2 aromatic carbocycles. The zero-order valence-corrected chi connectivity index (χ0v) is 19.4. The van der Waals surface area contributed by atoms with E-state index in [9.17, 15) is 4.79 Å². The monoisotopic (exact) mass is 459 g/mol. The van der Waals surface area contributed by atoms with Crippen LogP contribution in [0.25, 0.3) is 0 Å². The molecule has 6 nitrogen and oxygen atoms in total. The van der Waals surface area contributed by atoms with Crippen molar-refractivity contribution >= 4 is 23.4 Å². The molecule has 4 aromatic rings. The summed E-state index contributed by atoms with van der Waals surface area (Å²) in [5.74, 6) is 1.52. The number of ether oxygens (including phenoxy) is 1. The Bertz CT molecular complexity index is 1180. The number of aromatic nitrogens is 2. The van der Waals surface area contributed by atoms with Gasteiger partial charge in [-0.15, -0.1) is 0 Å². The molecule has 0 saturated carbocycles. The molecule has 2 aromatic heterocycles. The second-order valence-corrected chi connectivity index (χ2v) is 8.67. The molecule has 168 valence electrons. The highest BCUT2D eigenvalue weighted by Gasteiger charge is 2.23. The molecule has 0 atom stereocenters. The molecule has 0 saturated heterocycles. The van der Waals surface area contributed by atoms with Crippen molar-refractivity contribution in [1.29, 1.82) is 0 Å². The standard InChI is InChI=1S/C26H25N3O3S/c1-3-33-26-27-16-23(24(28-26)25(30)32-21-13-11-19(2)12-14-21)29(18-22-10-7-15-31-22)17-20-8-5-4-6-9-20/h4-16H,3,17-18H2,1-2H3. The van der Waals surface area contributed by atoms with Crippen LogP contribution in [0.2, 0.25) is 0 Å². The second kappa shape index (κ2) is 10.8. The van der Waals surface area contributed by atoms with E-state index in [2.05, 4.69) is 9.97 Å². The number of hydrogen-bond donors (Lipinski definition) is 0. The lowest BCUT2D eigenvalue weighted by Gasteiger charge is -2.25. The van der Waals surface area contributed by atoms with E-state index in [0.717, 1.165) is 22.6 Å². The van der Waals surface area contributed by atoms with Gasteiger partial charge in [-0.2, -0.15) is 0 Å². The first-order chi connectivity index (χ1) is 16.1. The Labute approximate surface area is 197 Å². The number of anilines is 1. The molecule has 2 heterocycles. The predicted molar refractivity (Wildman–Crippen MR) is 130 cm³/mol.